The van der Waals surface area contributed by atoms with Crippen molar-refractivity contribution in [2.45, 2.75) is 26.2 Å². The average Bonchev–Trinajstić information content (AvgIpc) is 2.26. The highest BCUT2D eigenvalue weighted by atomic mass is 35.5. The van der Waals surface area contributed by atoms with Gasteiger partial charge in [-0.15, -0.1) is 0 Å². The predicted molar refractivity (Wildman–Crippen MR) is 66.4 cm³/mol. The maximum Gasteiger partial charge on any atom is 0.337 e. The van der Waals surface area contributed by atoms with E-state index in [2.05, 4.69) is 12.2 Å². The molecule has 2 N–H and O–H groups in total. The Bertz CT molecular complexity index is 366. The minimum atomic E-state index is -0.958. The fraction of sp³-hybridized carbons (Fsp3) is 0.417. The molecule has 0 bridgehead atoms. The number of anilines is 1. The van der Waals surface area contributed by atoms with Crippen molar-refractivity contribution < 1.29 is 9.90 Å². The van der Waals surface area contributed by atoms with Gasteiger partial charge in [0.2, 0.25) is 0 Å². The van der Waals surface area contributed by atoms with E-state index in [1.165, 1.54) is 6.07 Å². The van der Waals surface area contributed by atoms with Crippen LogP contribution in [0, 0.1) is 0 Å². The third-order valence-corrected chi connectivity index (χ3v) is 2.54. The molecule has 88 valence electrons. The summed E-state index contributed by atoms with van der Waals surface area (Å²) >= 11 is 5.75. The zero-order valence-electron chi connectivity index (χ0n) is 9.29. The number of carbonyl (C=O) groups is 1. The van der Waals surface area contributed by atoms with E-state index >= 15 is 0 Å². The van der Waals surface area contributed by atoms with Crippen LogP contribution in [-0.2, 0) is 0 Å². The number of carboxylic acid groups (broad SMARTS) is 1. The van der Waals surface area contributed by atoms with Gasteiger partial charge in [-0.3, -0.25) is 0 Å². The van der Waals surface area contributed by atoms with Crippen LogP contribution in [0.1, 0.15) is 36.5 Å². The Balaban J connectivity index is 2.67. The fourth-order valence-corrected chi connectivity index (χ4v) is 1.62. The van der Waals surface area contributed by atoms with Crippen molar-refractivity contribution >= 4 is 23.3 Å². The summed E-state index contributed by atoms with van der Waals surface area (Å²) in [6.45, 7) is 2.92. The molecule has 0 atom stereocenters. The number of unbranched alkanes of at least 4 members (excludes halogenated alkanes) is 2. The number of rotatable bonds is 6. The SMILES string of the molecule is CCCCCNc1ccc(Cl)cc1C(=O)O. The summed E-state index contributed by atoms with van der Waals surface area (Å²) in [6, 6.07) is 4.86. The number of hydrogen-bond acceptors (Lipinski definition) is 2. The highest BCUT2D eigenvalue weighted by Gasteiger charge is 2.09. The Labute approximate surface area is 100 Å². The van der Waals surface area contributed by atoms with Crippen molar-refractivity contribution in [3.8, 4) is 0 Å². The van der Waals surface area contributed by atoms with Crippen molar-refractivity contribution in [1.29, 1.82) is 0 Å². The Morgan fingerprint density at radius 1 is 1.44 bits per heavy atom. The quantitative estimate of drug-likeness (QED) is 0.748. The third kappa shape index (κ3) is 3.74. The van der Waals surface area contributed by atoms with Gasteiger partial charge in [-0.25, -0.2) is 4.79 Å². The summed E-state index contributed by atoms with van der Waals surface area (Å²) in [5.41, 5.74) is 0.858. The number of carboxylic acids is 1. The Hall–Kier alpha value is -1.22. The number of hydrogen-bond donors (Lipinski definition) is 2. The van der Waals surface area contributed by atoms with Crippen molar-refractivity contribution in [3.05, 3.63) is 28.8 Å². The molecule has 1 aromatic rings. The smallest absolute Gasteiger partial charge is 0.337 e. The average molecular weight is 242 g/mol. The molecule has 0 aliphatic rings. The lowest BCUT2D eigenvalue weighted by atomic mass is 10.1. The lowest BCUT2D eigenvalue weighted by Gasteiger charge is -2.09. The van der Waals surface area contributed by atoms with Gasteiger partial charge < -0.3 is 10.4 Å². The molecule has 1 aromatic carbocycles. The van der Waals surface area contributed by atoms with E-state index in [1.54, 1.807) is 12.1 Å². The number of aromatic carboxylic acids is 1. The van der Waals surface area contributed by atoms with E-state index in [9.17, 15) is 4.79 Å². The highest BCUT2D eigenvalue weighted by Crippen LogP contribution is 2.20. The first-order valence-electron chi connectivity index (χ1n) is 5.42. The second kappa shape index (κ2) is 6.38. The molecule has 4 heteroatoms. The Morgan fingerprint density at radius 3 is 2.81 bits per heavy atom. The largest absolute Gasteiger partial charge is 0.478 e. The highest BCUT2D eigenvalue weighted by molar-refractivity contribution is 6.31. The molecule has 0 aliphatic carbocycles. The molecule has 0 saturated heterocycles. The van der Waals surface area contributed by atoms with Crippen LogP contribution in [0.15, 0.2) is 18.2 Å². The summed E-state index contributed by atoms with van der Waals surface area (Å²) in [6.07, 6.45) is 3.33. The van der Waals surface area contributed by atoms with E-state index in [4.69, 9.17) is 16.7 Å². The van der Waals surface area contributed by atoms with Crippen LogP contribution in [0.3, 0.4) is 0 Å². The number of benzene rings is 1. The molecule has 0 amide bonds. The zero-order chi connectivity index (χ0) is 12.0. The Morgan fingerprint density at radius 2 is 2.19 bits per heavy atom. The first-order valence-corrected chi connectivity index (χ1v) is 5.79. The van der Waals surface area contributed by atoms with E-state index in [0.29, 0.717) is 10.7 Å². The summed E-state index contributed by atoms with van der Waals surface area (Å²) in [5.74, 6) is -0.958. The van der Waals surface area contributed by atoms with Crippen molar-refractivity contribution in [3.63, 3.8) is 0 Å². The fourth-order valence-electron chi connectivity index (χ4n) is 1.45. The van der Waals surface area contributed by atoms with Crippen LogP contribution in [0.5, 0.6) is 0 Å². The van der Waals surface area contributed by atoms with E-state index in [-0.39, 0.29) is 5.56 Å². The first kappa shape index (κ1) is 12.8. The molecule has 16 heavy (non-hydrogen) atoms. The van der Waals surface area contributed by atoms with Crippen molar-refractivity contribution in [2.24, 2.45) is 0 Å². The van der Waals surface area contributed by atoms with E-state index < -0.39 is 5.97 Å². The van der Waals surface area contributed by atoms with Crippen LogP contribution < -0.4 is 5.32 Å². The maximum atomic E-state index is 11.0. The summed E-state index contributed by atoms with van der Waals surface area (Å²) in [4.78, 5) is 11.0. The Kier molecular flexibility index (Phi) is 5.12. The van der Waals surface area contributed by atoms with E-state index in [1.807, 2.05) is 0 Å². The second-order valence-corrected chi connectivity index (χ2v) is 4.07. The van der Waals surface area contributed by atoms with Crippen LogP contribution >= 0.6 is 11.6 Å². The van der Waals surface area contributed by atoms with Gasteiger partial charge >= 0.3 is 5.97 Å². The molecule has 0 aromatic heterocycles. The van der Waals surface area contributed by atoms with E-state index in [0.717, 1.165) is 25.8 Å². The third-order valence-electron chi connectivity index (χ3n) is 2.31. The molecule has 0 aliphatic heterocycles. The molecule has 0 spiro atoms. The zero-order valence-corrected chi connectivity index (χ0v) is 10.0. The van der Waals surface area contributed by atoms with Gasteiger partial charge in [-0.1, -0.05) is 31.4 Å². The van der Waals surface area contributed by atoms with Gasteiger partial charge in [-0.2, -0.15) is 0 Å². The van der Waals surface area contributed by atoms with Crippen LogP contribution in [0.2, 0.25) is 5.02 Å². The lowest BCUT2D eigenvalue weighted by Crippen LogP contribution is -2.07. The van der Waals surface area contributed by atoms with Gasteiger partial charge in [0.1, 0.15) is 0 Å². The lowest BCUT2D eigenvalue weighted by molar-refractivity contribution is 0.0698. The van der Waals surface area contributed by atoms with Crippen molar-refractivity contribution in [2.75, 3.05) is 11.9 Å². The van der Waals surface area contributed by atoms with Gasteiger partial charge in [0.05, 0.1) is 5.56 Å². The van der Waals surface area contributed by atoms with Crippen LogP contribution in [0.4, 0.5) is 5.69 Å². The minimum Gasteiger partial charge on any atom is -0.478 e. The minimum absolute atomic E-state index is 0.226. The van der Waals surface area contributed by atoms with Crippen LogP contribution in [-0.4, -0.2) is 17.6 Å². The molecule has 0 unspecified atom stereocenters. The molecule has 3 nitrogen and oxygen atoms in total. The summed E-state index contributed by atoms with van der Waals surface area (Å²) in [7, 11) is 0. The molecule has 0 saturated carbocycles. The standard InChI is InChI=1S/C12H16ClNO2/c1-2-3-4-7-14-11-6-5-9(13)8-10(11)12(15)16/h5-6,8,14H,2-4,7H2,1H3,(H,15,16). The van der Waals surface area contributed by atoms with Gasteiger partial charge in [-0.05, 0) is 24.6 Å². The predicted octanol–water partition coefficient (Wildman–Crippen LogP) is 3.64. The number of halogens is 1. The summed E-state index contributed by atoms with van der Waals surface area (Å²) < 4.78 is 0. The summed E-state index contributed by atoms with van der Waals surface area (Å²) in [5, 5.41) is 12.6. The molecule has 0 fully saturated rings. The molecule has 0 heterocycles. The van der Waals surface area contributed by atoms with Gasteiger partial charge in [0.25, 0.3) is 0 Å². The van der Waals surface area contributed by atoms with Gasteiger partial charge in [0, 0.05) is 17.3 Å². The maximum absolute atomic E-state index is 11.0. The normalized spacial score (nSPS) is 10.1. The molecule has 0 radical (unpaired) electrons. The second-order valence-electron chi connectivity index (χ2n) is 3.63. The first-order chi connectivity index (χ1) is 7.65. The van der Waals surface area contributed by atoms with Gasteiger partial charge in [0.15, 0.2) is 0 Å². The molecular formula is C12H16ClNO2. The topological polar surface area (TPSA) is 49.3 Å². The molecular weight excluding hydrogens is 226 g/mol. The monoisotopic (exact) mass is 241 g/mol. The van der Waals surface area contributed by atoms with Crippen molar-refractivity contribution in [1.82, 2.24) is 0 Å². The molecule has 1 rings (SSSR count). The number of nitrogens with one attached hydrogen (secondary N) is 1. The van der Waals surface area contributed by atoms with Crippen LogP contribution in [0.25, 0.3) is 0 Å².